The molecule has 0 fully saturated rings. The van der Waals surface area contributed by atoms with Crippen molar-refractivity contribution in [3.05, 3.63) is 52.3 Å². The van der Waals surface area contributed by atoms with E-state index in [1.807, 2.05) is 45.9 Å². The molecule has 0 unspecified atom stereocenters. The first-order valence-electron chi connectivity index (χ1n) is 7.56. The summed E-state index contributed by atoms with van der Waals surface area (Å²) in [5.74, 6) is -0.586. The molecule has 0 spiro atoms. The van der Waals surface area contributed by atoms with Crippen molar-refractivity contribution in [2.75, 3.05) is 12.4 Å². The highest BCUT2D eigenvalue weighted by Gasteiger charge is 2.13. The Hall–Kier alpha value is -2.21. The zero-order chi connectivity index (χ0) is 17.7. The van der Waals surface area contributed by atoms with Crippen LogP contribution in [0, 0.1) is 27.7 Å². The summed E-state index contributed by atoms with van der Waals surface area (Å²) < 4.78 is 5.06. The monoisotopic (exact) mass is 344 g/mol. The van der Waals surface area contributed by atoms with Gasteiger partial charge in [0, 0.05) is 17.0 Å². The number of nitrogens with zero attached hydrogens (tertiary/aromatic N) is 2. The number of benzene rings is 1. The summed E-state index contributed by atoms with van der Waals surface area (Å²) in [4.78, 5) is 32.4. The minimum Gasteiger partial charge on any atom is -0.457 e. The third kappa shape index (κ3) is 5.16. The molecular weight excluding hydrogens is 324 g/mol. The molecular formula is C18H20N2O3S. The Balaban J connectivity index is 1.85. The number of ketones is 1. The fourth-order valence-electron chi connectivity index (χ4n) is 2.27. The van der Waals surface area contributed by atoms with Crippen molar-refractivity contribution >= 4 is 23.5 Å². The van der Waals surface area contributed by atoms with Crippen LogP contribution in [-0.2, 0) is 9.53 Å². The quantitative estimate of drug-likeness (QED) is 0.347. The predicted octanol–water partition coefficient (Wildman–Crippen LogP) is 3.23. The zero-order valence-electron chi connectivity index (χ0n) is 14.3. The van der Waals surface area contributed by atoms with Crippen LogP contribution in [0.1, 0.15) is 32.9 Å². The van der Waals surface area contributed by atoms with Gasteiger partial charge in [-0.3, -0.25) is 9.59 Å². The molecule has 6 heteroatoms. The molecule has 0 aliphatic carbocycles. The van der Waals surface area contributed by atoms with Crippen molar-refractivity contribution < 1.29 is 14.3 Å². The van der Waals surface area contributed by atoms with Crippen molar-refractivity contribution in [1.82, 2.24) is 9.97 Å². The molecule has 1 aromatic carbocycles. The molecule has 24 heavy (non-hydrogen) atoms. The van der Waals surface area contributed by atoms with E-state index in [9.17, 15) is 9.59 Å². The molecule has 0 aliphatic heterocycles. The minimum atomic E-state index is -0.458. The second-order valence-electron chi connectivity index (χ2n) is 5.62. The molecule has 0 saturated heterocycles. The van der Waals surface area contributed by atoms with Crippen molar-refractivity contribution in [1.29, 1.82) is 0 Å². The number of thioether (sulfide) groups is 1. The highest BCUT2D eigenvalue weighted by Crippen LogP contribution is 2.15. The Bertz CT molecular complexity index is 755. The number of carbonyl (C=O) groups is 2. The number of ether oxygens (including phenoxy) is 1. The summed E-state index contributed by atoms with van der Waals surface area (Å²) >= 11 is 1.20. The third-order valence-corrected chi connectivity index (χ3v) is 4.15. The van der Waals surface area contributed by atoms with E-state index in [0.29, 0.717) is 10.7 Å². The molecule has 1 heterocycles. The molecule has 126 valence electrons. The average molecular weight is 344 g/mol. The zero-order valence-corrected chi connectivity index (χ0v) is 15.1. The lowest BCUT2D eigenvalue weighted by Crippen LogP contribution is -2.16. The van der Waals surface area contributed by atoms with Crippen LogP contribution < -0.4 is 0 Å². The smallest absolute Gasteiger partial charge is 0.316 e. The lowest BCUT2D eigenvalue weighted by molar-refractivity contribution is -0.139. The number of hydrogen-bond acceptors (Lipinski definition) is 6. The van der Waals surface area contributed by atoms with E-state index in [1.54, 1.807) is 6.07 Å². The van der Waals surface area contributed by atoms with Crippen LogP contribution in [0.5, 0.6) is 0 Å². The van der Waals surface area contributed by atoms with Crippen LogP contribution in [0.2, 0.25) is 0 Å². The predicted molar refractivity (Wildman–Crippen MR) is 93.4 cm³/mol. The van der Waals surface area contributed by atoms with E-state index < -0.39 is 5.97 Å². The van der Waals surface area contributed by atoms with Crippen LogP contribution in [0.15, 0.2) is 29.4 Å². The molecule has 0 radical (unpaired) electrons. The highest BCUT2D eigenvalue weighted by atomic mass is 32.2. The van der Waals surface area contributed by atoms with Crippen molar-refractivity contribution in [3.63, 3.8) is 0 Å². The average Bonchev–Trinajstić information content (AvgIpc) is 2.49. The number of hydrogen-bond donors (Lipinski definition) is 0. The molecule has 2 aromatic rings. The van der Waals surface area contributed by atoms with Crippen LogP contribution in [0.3, 0.4) is 0 Å². The van der Waals surface area contributed by atoms with E-state index >= 15 is 0 Å². The summed E-state index contributed by atoms with van der Waals surface area (Å²) in [6.07, 6.45) is 0. The highest BCUT2D eigenvalue weighted by molar-refractivity contribution is 7.99. The topological polar surface area (TPSA) is 69.2 Å². The maximum absolute atomic E-state index is 12.1. The Morgan fingerprint density at radius 1 is 1.04 bits per heavy atom. The molecule has 0 aliphatic rings. The molecule has 0 bridgehead atoms. The third-order valence-electron chi connectivity index (χ3n) is 3.33. The largest absolute Gasteiger partial charge is 0.457 e. The van der Waals surface area contributed by atoms with Gasteiger partial charge in [0.1, 0.15) is 0 Å². The van der Waals surface area contributed by atoms with Gasteiger partial charge in [0.25, 0.3) is 0 Å². The van der Waals surface area contributed by atoms with Gasteiger partial charge in [-0.1, -0.05) is 35.5 Å². The molecule has 0 N–H and O–H groups in total. The summed E-state index contributed by atoms with van der Waals surface area (Å²) in [5, 5.41) is 0.533. The molecule has 0 atom stereocenters. The van der Waals surface area contributed by atoms with E-state index in [2.05, 4.69) is 9.97 Å². The van der Waals surface area contributed by atoms with E-state index in [-0.39, 0.29) is 18.1 Å². The SMILES string of the molecule is Cc1ccc(C(=O)COC(=O)CSc2nc(C)cc(C)n2)c(C)c1. The number of Topliss-reactive ketones (excluding diaryl/α,β-unsaturated/α-hetero) is 1. The van der Waals surface area contributed by atoms with Gasteiger partial charge >= 0.3 is 5.97 Å². The lowest BCUT2D eigenvalue weighted by Gasteiger charge is -2.07. The Kier molecular flexibility index (Phi) is 6.09. The van der Waals surface area contributed by atoms with Crippen LogP contribution in [0.25, 0.3) is 0 Å². The minimum absolute atomic E-state index is 0.0725. The maximum Gasteiger partial charge on any atom is 0.316 e. The summed E-state index contributed by atoms with van der Waals surface area (Å²) in [5.41, 5.74) is 4.26. The van der Waals surface area contributed by atoms with Crippen LogP contribution in [-0.4, -0.2) is 34.1 Å². The first-order chi connectivity index (χ1) is 11.3. The van der Waals surface area contributed by atoms with Gasteiger partial charge in [-0.25, -0.2) is 9.97 Å². The van der Waals surface area contributed by atoms with Gasteiger partial charge in [0.15, 0.2) is 11.8 Å². The van der Waals surface area contributed by atoms with E-state index in [4.69, 9.17) is 4.74 Å². The first kappa shape index (κ1) is 18.1. The maximum atomic E-state index is 12.1. The lowest BCUT2D eigenvalue weighted by atomic mass is 10.0. The van der Waals surface area contributed by atoms with Crippen LogP contribution >= 0.6 is 11.8 Å². The van der Waals surface area contributed by atoms with Crippen LogP contribution in [0.4, 0.5) is 0 Å². The number of esters is 1. The second kappa shape index (κ2) is 8.06. The van der Waals surface area contributed by atoms with Gasteiger partial charge in [-0.05, 0) is 39.3 Å². The Labute approximate surface area is 145 Å². The summed E-state index contributed by atoms with van der Waals surface area (Å²) in [6.45, 7) is 7.33. The standard InChI is InChI=1S/C18H20N2O3S/c1-11-5-6-15(12(2)7-11)16(21)9-23-17(22)10-24-18-19-13(3)8-14(4)20-18/h5-8H,9-10H2,1-4H3. The fraction of sp³-hybridized carbons (Fsp3) is 0.333. The fourth-order valence-corrected chi connectivity index (χ4v) is 3.02. The number of rotatable bonds is 6. The Morgan fingerprint density at radius 3 is 2.33 bits per heavy atom. The van der Waals surface area contributed by atoms with Gasteiger partial charge in [0.2, 0.25) is 5.78 Å². The van der Waals surface area contributed by atoms with Gasteiger partial charge < -0.3 is 4.74 Å². The molecule has 0 saturated carbocycles. The van der Waals surface area contributed by atoms with E-state index in [1.165, 1.54) is 11.8 Å². The molecule has 0 amide bonds. The first-order valence-corrected chi connectivity index (χ1v) is 8.55. The summed E-state index contributed by atoms with van der Waals surface area (Å²) in [6, 6.07) is 7.43. The van der Waals surface area contributed by atoms with Gasteiger partial charge in [-0.2, -0.15) is 0 Å². The van der Waals surface area contributed by atoms with Crippen molar-refractivity contribution in [2.24, 2.45) is 0 Å². The molecule has 1 aromatic heterocycles. The molecule has 2 rings (SSSR count). The van der Waals surface area contributed by atoms with E-state index in [0.717, 1.165) is 22.5 Å². The van der Waals surface area contributed by atoms with Gasteiger partial charge in [-0.15, -0.1) is 0 Å². The van der Waals surface area contributed by atoms with Crippen molar-refractivity contribution in [3.8, 4) is 0 Å². The molecule has 5 nitrogen and oxygen atoms in total. The number of aromatic nitrogens is 2. The second-order valence-corrected chi connectivity index (χ2v) is 6.57. The van der Waals surface area contributed by atoms with Gasteiger partial charge in [0.05, 0.1) is 5.75 Å². The Morgan fingerprint density at radius 2 is 1.71 bits per heavy atom. The number of carbonyl (C=O) groups excluding carboxylic acids is 2. The normalized spacial score (nSPS) is 10.5. The summed E-state index contributed by atoms with van der Waals surface area (Å²) in [7, 11) is 0. The number of aryl methyl sites for hydroxylation is 4. The van der Waals surface area contributed by atoms with Crippen molar-refractivity contribution in [2.45, 2.75) is 32.9 Å².